The predicted molar refractivity (Wildman–Crippen MR) is 102 cm³/mol. The van der Waals surface area contributed by atoms with Crippen molar-refractivity contribution in [3.63, 3.8) is 0 Å². The fourth-order valence-electron chi connectivity index (χ4n) is 3.16. The van der Waals surface area contributed by atoms with Crippen molar-refractivity contribution >= 4 is 29.5 Å². The smallest absolute Gasteiger partial charge is 0.338 e. The van der Waals surface area contributed by atoms with Crippen molar-refractivity contribution in [1.82, 2.24) is 10.6 Å². The molecule has 2 fully saturated rings. The summed E-state index contributed by atoms with van der Waals surface area (Å²) < 4.78 is 4.96. The molecule has 8 heteroatoms. The summed E-state index contributed by atoms with van der Waals surface area (Å²) in [6, 6.07) is 5.84. The Morgan fingerprint density at radius 2 is 1.75 bits per heavy atom. The zero-order chi connectivity index (χ0) is 19.9. The standard InChI is InChI=1S/C20H25N3O5/c24-17(23-20(27)22-15-6-2-1-3-7-15)12-28-19(26)14-5-4-8-16(11-14)21-18(25)13-9-10-13/h4-5,8,11,13,15H,1-3,6-7,9-10,12H2,(H,21,25)(H2,22,23,24,27). The topological polar surface area (TPSA) is 114 Å². The lowest BCUT2D eigenvalue weighted by molar-refractivity contribution is -0.123. The van der Waals surface area contributed by atoms with Gasteiger partial charge in [0.05, 0.1) is 5.56 Å². The van der Waals surface area contributed by atoms with Crippen LogP contribution >= 0.6 is 0 Å². The fourth-order valence-corrected chi connectivity index (χ4v) is 3.16. The lowest BCUT2D eigenvalue weighted by Gasteiger charge is -2.22. The van der Waals surface area contributed by atoms with Gasteiger partial charge in [-0.3, -0.25) is 14.9 Å². The van der Waals surface area contributed by atoms with Crippen molar-refractivity contribution in [1.29, 1.82) is 0 Å². The van der Waals surface area contributed by atoms with E-state index in [0.717, 1.165) is 38.5 Å². The Labute approximate surface area is 163 Å². The molecule has 0 aromatic heterocycles. The first kappa shape index (κ1) is 19.9. The molecule has 0 aliphatic heterocycles. The molecule has 0 saturated heterocycles. The quantitative estimate of drug-likeness (QED) is 0.649. The van der Waals surface area contributed by atoms with Crippen LogP contribution in [0.3, 0.4) is 0 Å². The molecule has 0 spiro atoms. The third-order valence-corrected chi connectivity index (χ3v) is 4.84. The first-order valence-corrected chi connectivity index (χ1v) is 9.69. The number of esters is 1. The average Bonchev–Trinajstić information content (AvgIpc) is 3.52. The number of carbonyl (C=O) groups excluding carboxylic acids is 4. The molecule has 3 N–H and O–H groups in total. The zero-order valence-corrected chi connectivity index (χ0v) is 15.7. The van der Waals surface area contributed by atoms with Gasteiger partial charge in [-0.05, 0) is 43.9 Å². The van der Waals surface area contributed by atoms with Crippen LogP contribution < -0.4 is 16.0 Å². The Balaban J connectivity index is 1.42. The zero-order valence-electron chi connectivity index (χ0n) is 15.7. The van der Waals surface area contributed by atoms with Crippen molar-refractivity contribution in [3.8, 4) is 0 Å². The van der Waals surface area contributed by atoms with Crippen molar-refractivity contribution in [2.24, 2.45) is 5.92 Å². The first-order chi connectivity index (χ1) is 13.5. The van der Waals surface area contributed by atoms with E-state index in [0.29, 0.717) is 5.69 Å². The molecule has 1 aromatic carbocycles. The molecule has 8 nitrogen and oxygen atoms in total. The number of hydrogen-bond donors (Lipinski definition) is 3. The Bertz CT molecular complexity index is 754. The van der Waals surface area contributed by atoms with E-state index in [2.05, 4.69) is 16.0 Å². The number of urea groups is 1. The highest BCUT2D eigenvalue weighted by Crippen LogP contribution is 2.30. The number of rotatable bonds is 6. The second kappa shape index (κ2) is 9.34. The number of anilines is 1. The third-order valence-electron chi connectivity index (χ3n) is 4.84. The van der Waals surface area contributed by atoms with Gasteiger partial charge in [0.2, 0.25) is 5.91 Å². The molecule has 0 heterocycles. The van der Waals surface area contributed by atoms with E-state index in [1.165, 1.54) is 18.6 Å². The van der Waals surface area contributed by atoms with Gasteiger partial charge in [0.15, 0.2) is 6.61 Å². The summed E-state index contributed by atoms with van der Waals surface area (Å²) in [5.74, 6) is -1.40. The Morgan fingerprint density at radius 3 is 2.46 bits per heavy atom. The molecule has 1 aromatic rings. The second-order valence-corrected chi connectivity index (χ2v) is 7.28. The third kappa shape index (κ3) is 6.07. The molecule has 2 aliphatic carbocycles. The summed E-state index contributed by atoms with van der Waals surface area (Å²) in [5.41, 5.74) is 0.718. The van der Waals surface area contributed by atoms with Crippen LogP contribution in [-0.2, 0) is 14.3 Å². The normalized spacial score (nSPS) is 16.7. The molecular weight excluding hydrogens is 362 g/mol. The van der Waals surface area contributed by atoms with E-state index in [1.807, 2.05) is 0 Å². The maximum absolute atomic E-state index is 12.1. The summed E-state index contributed by atoms with van der Waals surface area (Å²) in [5, 5.41) is 7.67. The number of amides is 4. The van der Waals surface area contributed by atoms with Crippen LogP contribution in [0.4, 0.5) is 10.5 Å². The maximum Gasteiger partial charge on any atom is 0.338 e. The van der Waals surface area contributed by atoms with Gasteiger partial charge in [-0.25, -0.2) is 9.59 Å². The number of imide groups is 1. The monoisotopic (exact) mass is 387 g/mol. The number of benzene rings is 1. The summed E-state index contributed by atoms with van der Waals surface area (Å²) in [6.07, 6.45) is 6.88. The molecular formula is C20H25N3O5. The van der Waals surface area contributed by atoms with Gasteiger partial charge in [-0.1, -0.05) is 25.3 Å². The molecule has 3 rings (SSSR count). The van der Waals surface area contributed by atoms with Gasteiger partial charge in [-0.2, -0.15) is 0 Å². The summed E-state index contributed by atoms with van der Waals surface area (Å²) >= 11 is 0. The van der Waals surface area contributed by atoms with Gasteiger partial charge in [-0.15, -0.1) is 0 Å². The molecule has 0 atom stereocenters. The number of ether oxygens (including phenoxy) is 1. The van der Waals surface area contributed by atoms with Gasteiger partial charge >= 0.3 is 12.0 Å². The van der Waals surface area contributed by atoms with Gasteiger partial charge in [0.25, 0.3) is 5.91 Å². The molecule has 0 bridgehead atoms. The molecule has 150 valence electrons. The highest BCUT2D eigenvalue weighted by molar-refractivity contribution is 5.98. The van der Waals surface area contributed by atoms with Crippen LogP contribution in [0.25, 0.3) is 0 Å². The highest BCUT2D eigenvalue weighted by Gasteiger charge is 2.29. The van der Waals surface area contributed by atoms with E-state index >= 15 is 0 Å². The fraction of sp³-hybridized carbons (Fsp3) is 0.500. The SMILES string of the molecule is O=C(COC(=O)c1cccc(NC(=O)C2CC2)c1)NC(=O)NC1CCCCC1. The summed E-state index contributed by atoms with van der Waals surface area (Å²) in [4.78, 5) is 47.6. The van der Waals surface area contributed by atoms with E-state index in [9.17, 15) is 19.2 Å². The van der Waals surface area contributed by atoms with Crippen LogP contribution in [0.2, 0.25) is 0 Å². The maximum atomic E-state index is 12.1. The first-order valence-electron chi connectivity index (χ1n) is 9.69. The average molecular weight is 387 g/mol. The van der Waals surface area contributed by atoms with Crippen LogP contribution in [-0.4, -0.2) is 36.5 Å². The van der Waals surface area contributed by atoms with Crippen LogP contribution in [0.5, 0.6) is 0 Å². The summed E-state index contributed by atoms with van der Waals surface area (Å²) in [7, 11) is 0. The molecule has 2 saturated carbocycles. The molecule has 0 unspecified atom stereocenters. The van der Waals surface area contributed by atoms with Crippen molar-refractivity contribution in [3.05, 3.63) is 29.8 Å². The largest absolute Gasteiger partial charge is 0.452 e. The second-order valence-electron chi connectivity index (χ2n) is 7.28. The van der Waals surface area contributed by atoms with Crippen LogP contribution in [0, 0.1) is 5.92 Å². The van der Waals surface area contributed by atoms with Gasteiger partial charge in [0.1, 0.15) is 0 Å². The molecule has 28 heavy (non-hydrogen) atoms. The van der Waals surface area contributed by atoms with Crippen LogP contribution in [0.15, 0.2) is 24.3 Å². The van der Waals surface area contributed by atoms with Gasteiger partial charge < -0.3 is 15.4 Å². The van der Waals surface area contributed by atoms with E-state index in [-0.39, 0.29) is 23.4 Å². The number of hydrogen-bond acceptors (Lipinski definition) is 5. The predicted octanol–water partition coefficient (Wildman–Crippen LogP) is 2.35. The minimum Gasteiger partial charge on any atom is -0.452 e. The Morgan fingerprint density at radius 1 is 1.00 bits per heavy atom. The highest BCUT2D eigenvalue weighted by atomic mass is 16.5. The van der Waals surface area contributed by atoms with E-state index < -0.39 is 24.5 Å². The number of carbonyl (C=O) groups is 4. The Kier molecular flexibility index (Phi) is 6.62. The molecule has 2 aliphatic rings. The van der Waals surface area contributed by atoms with Gasteiger partial charge in [0, 0.05) is 17.6 Å². The summed E-state index contributed by atoms with van der Waals surface area (Å²) in [6.45, 7) is -0.560. The lowest BCUT2D eigenvalue weighted by Crippen LogP contribution is -2.46. The Hall–Kier alpha value is -2.90. The van der Waals surface area contributed by atoms with E-state index in [1.54, 1.807) is 12.1 Å². The molecule has 0 radical (unpaired) electrons. The number of nitrogens with one attached hydrogen (secondary N) is 3. The minimum absolute atomic E-state index is 0.0547. The van der Waals surface area contributed by atoms with Crippen molar-refractivity contribution in [2.45, 2.75) is 51.0 Å². The minimum atomic E-state index is -0.703. The molecule has 4 amide bonds. The van der Waals surface area contributed by atoms with E-state index in [4.69, 9.17) is 4.74 Å². The lowest BCUT2D eigenvalue weighted by atomic mass is 9.96. The van der Waals surface area contributed by atoms with Crippen molar-refractivity contribution < 1.29 is 23.9 Å². The van der Waals surface area contributed by atoms with Crippen LogP contribution in [0.1, 0.15) is 55.3 Å². The van der Waals surface area contributed by atoms with Crippen molar-refractivity contribution in [2.75, 3.05) is 11.9 Å².